The molecule has 110 valence electrons. The van der Waals surface area contributed by atoms with Crippen molar-refractivity contribution in [2.45, 2.75) is 13.0 Å². The van der Waals surface area contributed by atoms with Crippen LogP contribution in [0.3, 0.4) is 0 Å². The first-order chi connectivity index (χ1) is 9.95. The van der Waals surface area contributed by atoms with Crippen LogP contribution in [0.15, 0.2) is 46.9 Å². The summed E-state index contributed by atoms with van der Waals surface area (Å²) in [7, 11) is 0. The standard InChI is InChI=1S/C15H15BrClN3O/c1-9(18)10-3-2-4-12(7-10)19-15(21)20-14-8-11(16)5-6-13(14)17/h2-9H,18H2,1H3,(H2,19,20,21). The number of nitrogens with two attached hydrogens (primary N) is 1. The first kappa shape index (κ1) is 15.8. The summed E-state index contributed by atoms with van der Waals surface area (Å²) in [4.78, 5) is 12.0. The van der Waals surface area contributed by atoms with Gasteiger partial charge in [0.25, 0.3) is 0 Å². The van der Waals surface area contributed by atoms with Gasteiger partial charge < -0.3 is 16.4 Å². The van der Waals surface area contributed by atoms with Crippen molar-refractivity contribution in [2.24, 2.45) is 5.73 Å². The molecule has 0 bridgehead atoms. The van der Waals surface area contributed by atoms with Crippen LogP contribution >= 0.6 is 27.5 Å². The molecule has 0 saturated heterocycles. The van der Waals surface area contributed by atoms with Crippen LogP contribution in [0.25, 0.3) is 0 Å². The number of nitrogens with one attached hydrogen (secondary N) is 2. The van der Waals surface area contributed by atoms with E-state index in [2.05, 4.69) is 26.6 Å². The first-order valence-electron chi connectivity index (χ1n) is 6.34. The summed E-state index contributed by atoms with van der Waals surface area (Å²) < 4.78 is 0.834. The van der Waals surface area contributed by atoms with Crippen LogP contribution in [0.4, 0.5) is 16.2 Å². The lowest BCUT2D eigenvalue weighted by atomic mass is 10.1. The van der Waals surface area contributed by atoms with E-state index in [4.69, 9.17) is 17.3 Å². The molecule has 2 aromatic carbocycles. The minimum absolute atomic E-state index is 0.0886. The molecule has 0 aliphatic rings. The molecule has 2 amide bonds. The maximum atomic E-state index is 12.0. The molecule has 0 radical (unpaired) electrons. The molecule has 1 atom stereocenters. The number of hydrogen-bond acceptors (Lipinski definition) is 2. The normalized spacial score (nSPS) is 11.8. The van der Waals surface area contributed by atoms with Gasteiger partial charge in [-0.25, -0.2) is 4.79 Å². The molecule has 0 aliphatic carbocycles. The van der Waals surface area contributed by atoms with E-state index in [1.54, 1.807) is 24.3 Å². The number of urea groups is 1. The van der Waals surface area contributed by atoms with Crippen molar-refractivity contribution in [1.29, 1.82) is 0 Å². The second-order valence-electron chi connectivity index (χ2n) is 4.62. The number of anilines is 2. The van der Waals surface area contributed by atoms with Crippen LogP contribution in [-0.4, -0.2) is 6.03 Å². The predicted octanol–water partition coefficient (Wildman–Crippen LogP) is 4.77. The van der Waals surface area contributed by atoms with Crippen LogP contribution in [0.1, 0.15) is 18.5 Å². The van der Waals surface area contributed by atoms with Gasteiger partial charge in [0, 0.05) is 16.2 Å². The number of hydrogen-bond donors (Lipinski definition) is 3. The van der Waals surface area contributed by atoms with E-state index in [1.165, 1.54) is 0 Å². The van der Waals surface area contributed by atoms with Crippen molar-refractivity contribution >= 4 is 44.9 Å². The molecular weight excluding hydrogens is 354 g/mol. The van der Waals surface area contributed by atoms with E-state index in [9.17, 15) is 4.79 Å². The van der Waals surface area contributed by atoms with Crippen molar-refractivity contribution in [3.63, 3.8) is 0 Å². The lowest BCUT2D eigenvalue weighted by Crippen LogP contribution is -2.20. The zero-order valence-electron chi connectivity index (χ0n) is 11.4. The van der Waals surface area contributed by atoms with Crippen LogP contribution in [0, 0.1) is 0 Å². The van der Waals surface area contributed by atoms with Crippen LogP contribution in [-0.2, 0) is 0 Å². The molecule has 0 aliphatic heterocycles. The zero-order valence-corrected chi connectivity index (χ0v) is 13.7. The maximum Gasteiger partial charge on any atom is 0.323 e. The Hall–Kier alpha value is -1.56. The van der Waals surface area contributed by atoms with Crippen LogP contribution in [0.5, 0.6) is 0 Å². The molecule has 4 N–H and O–H groups in total. The first-order valence-corrected chi connectivity index (χ1v) is 7.51. The number of carbonyl (C=O) groups is 1. The highest BCUT2D eigenvalue weighted by Crippen LogP contribution is 2.26. The summed E-state index contributed by atoms with van der Waals surface area (Å²) in [5.41, 5.74) is 7.98. The smallest absolute Gasteiger partial charge is 0.323 e. The Kier molecular flexibility index (Phi) is 5.22. The molecule has 6 heteroatoms. The SMILES string of the molecule is CC(N)c1cccc(NC(=O)Nc2cc(Br)ccc2Cl)c1. The third-order valence-electron chi connectivity index (χ3n) is 2.85. The van der Waals surface area contributed by atoms with Crippen molar-refractivity contribution in [2.75, 3.05) is 10.6 Å². The average Bonchev–Trinajstić information content (AvgIpc) is 2.43. The van der Waals surface area contributed by atoms with E-state index < -0.39 is 0 Å². The third-order valence-corrected chi connectivity index (χ3v) is 3.67. The minimum Gasteiger partial charge on any atom is -0.324 e. The number of amides is 2. The molecular formula is C15H15BrClN3O. The molecule has 0 spiro atoms. The van der Waals surface area contributed by atoms with E-state index in [1.807, 2.05) is 25.1 Å². The fourth-order valence-corrected chi connectivity index (χ4v) is 2.30. The monoisotopic (exact) mass is 367 g/mol. The van der Waals surface area contributed by atoms with E-state index in [0.717, 1.165) is 10.0 Å². The van der Waals surface area contributed by atoms with Gasteiger partial charge >= 0.3 is 6.03 Å². The van der Waals surface area contributed by atoms with Gasteiger partial charge in [-0.2, -0.15) is 0 Å². The highest BCUT2D eigenvalue weighted by molar-refractivity contribution is 9.10. The van der Waals surface area contributed by atoms with Crippen molar-refractivity contribution in [1.82, 2.24) is 0 Å². The van der Waals surface area contributed by atoms with E-state index in [-0.39, 0.29) is 12.1 Å². The topological polar surface area (TPSA) is 67.1 Å². The fourth-order valence-electron chi connectivity index (χ4n) is 1.78. The van der Waals surface area contributed by atoms with Gasteiger partial charge in [0.15, 0.2) is 0 Å². The second kappa shape index (κ2) is 6.93. The molecule has 0 aromatic heterocycles. The van der Waals surface area contributed by atoms with Gasteiger partial charge in [-0.05, 0) is 42.8 Å². The Morgan fingerprint density at radius 1 is 1.24 bits per heavy atom. The quantitative estimate of drug-likeness (QED) is 0.730. The number of carbonyl (C=O) groups excluding carboxylic acids is 1. The minimum atomic E-state index is -0.364. The highest BCUT2D eigenvalue weighted by atomic mass is 79.9. The van der Waals surface area contributed by atoms with Crippen LogP contribution in [0.2, 0.25) is 5.02 Å². The second-order valence-corrected chi connectivity index (χ2v) is 5.94. The van der Waals surface area contributed by atoms with Crippen molar-refractivity contribution in [3.05, 3.63) is 57.5 Å². The molecule has 21 heavy (non-hydrogen) atoms. The average molecular weight is 369 g/mol. The zero-order chi connectivity index (χ0) is 15.4. The van der Waals surface area contributed by atoms with Gasteiger partial charge in [0.05, 0.1) is 10.7 Å². The van der Waals surface area contributed by atoms with Crippen LogP contribution < -0.4 is 16.4 Å². The predicted molar refractivity (Wildman–Crippen MR) is 90.8 cm³/mol. The molecule has 2 aromatic rings. The van der Waals surface area contributed by atoms with Gasteiger partial charge in [0.1, 0.15) is 0 Å². The highest BCUT2D eigenvalue weighted by Gasteiger charge is 2.07. The summed E-state index contributed by atoms with van der Waals surface area (Å²) in [5, 5.41) is 5.93. The Morgan fingerprint density at radius 3 is 2.71 bits per heavy atom. The summed E-state index contributed by atoms with van der Waals surface area (Å²) in [5.74, 6) is 0. The van der Waals surface area contributed by atoms with Gasteiger partial charge in [0.2, 0.25) is 0 Å². The Bertz CT molecular complexity index is 661. The summed E-state index contributed by atoms with van der Waals surface area (Å²) in [6.45, 7) is 1.89. The summed E-state index contributed by atoms with van der Waals surface area (Å²) >= 11 is 9.36. The fraction of sp³-hybridized carbons (Fsp3) is 0.133. The lowest BCUT2D eigenvalue weighted by Gasteiger charge is -2.11. The third kappa shape index (κ3) is 4.46. The Balaban J connectivity index is 2.08. The van der Waals surface area contributed by atoms with Crippen molar-refractivity contribution in [3.8, 4) is 0 Å². The summed E-state index contributed by atoms with van der Waals surface area (Å²) in [6.07, 6.45) is 0. The largest absolute Gasteiger partial charge is 0.324 e. The number of halogens is 2. The lowest BCUT2D eigenvalue weighted by molar-refractivity contribution is 0.262. The number of rotatable bonds is 3. The van der Waals surface area contributed by atoms with E-state index >= 15 is 0 Å². The van der Waals surface area contributed by atoms with Gasteiger partial charge in [-0.3, -0.25) is 0 Å². The molecule has 4 nitrogen and oxygen atoms in total. The molecule has 0 heterocycles. The molecule has 0 saturated carbocycles. The Morgan fingerprint density at radius 2 is 2.00 bits per heavy atom. The molecule has 0 fully saturated rings. The number of benzene rings is 2. The molecule has 2 rings (SSSR count). The van der Waals surface area contributed by atoms with Gasteiger partial charge in [-0.15, -0.1) is 0 Å². The van der Waals surface area contributed by atoms with Crippen molar-refractivity contribution < 1.29 is 4.79 Å². The van der Waals surface area contributed by atoms with E-state index in [0.29, 0.717) is 16.4 Å². The Labute approximate surface area is 136 Å². The van der Waals surface area contributed by atoms with Gasteiger partial charge in [-0.1, -0.05) is 39.7 Å². The molecule has 1 unspecified atom stereocenters. The maximum absolute atomic E-state index is 12.0. The summed E-state index contributed by atoms with van der Waals surface area (Å²) in [6, 6.07) is 12.2.